The average molecular weight is 223 g/mol. The largest absolute Gasteiger partial charge is 0.330 e. The van der Waals surface area contributed by atoms with Gasteiger partial charge in [0.1, 0.15) is 0 Å². The summed E-state index contributed by atoms with van der Waals surface area (Å²) in [5.74, 6) is 0.124. The number of hydrogen-bond acceptors (Lipinski definition) is 3. The molecule has 0 aliphatic rings. The van der Waals surface area contributed by atoms with E-state index in [0.717, 1.165) is 0 Å². The molecule has 0 saturated heterocycles. The lowest BCUT2D eigenvalue weighted by Gasteiger charge is -2.20. The summed E-state index contributed by atoms with van der Waals surface area (Å²) < 4.78 is 27.8. The van der Waals surface area contributed by atoms with Crippen LogP contribution in [0.5, 0.6) is 0 Å². The van der Waals surface area contributed by atoms with Crippen molar-refractivity contribution in [2.75, 3.05) is 6.54 Å². The summed E-state index contributed by atoms with van der Waals surface area (Å²) in [5.41, 5.74) is 5.44. The van der Waals surface area contributed by atoms with Crippen LogP contribution in [-0.4, -0.2) is 27.0 Å². The van der Waals surface area contributed by atoms with Gasteiger partial charge in [0, 0.05) is 12.1 Å². The van der Waals surface area contributed by atoms with Crippen LogP contribution in [0, 0.1) is 5.92 Å². The molecule has 0 aliphatic heterocycles. The maximum atomic E-state index is 11.4. The second kappa shape index (κ2) is 5.65. The molecule has 5 nitrogen and oxygen atoms in total. The molecule has 2 atom stereocenters. The van der Waals surface area contributed by atoms with Crippen LogP contribution in [0.2, 0.25) is 0 Å². The zero-order chi connectivity index (χ0) is 11.4. The fraction of sp³-hybridized carbons (Fsp3) is 1.00. The molecular formula is C8H21N3O2S. The highest BCUT2D eigenvalue weighted by atomic mass is 32.2. The van der Waals surface area contributed by atoms with E-state index >= 15 is 0 Å². The van der Waals surface area contributed by atoms with E-state index in [-0.39, 0.29) is 18.0 Å². The van der Waals surface area contributed by atoms with Crippen LogP contribution in [0.3, 0.4) is 0 Å². The molecule has 0 radical (unpaired) electrons. The van der Waals surface area contributed by atoms with E-state index in [4.69, 9.17) is 5.73 Å². The molecule has 2 unspecified atom stereocenters. The van der Waals surface area contributed by atoms with Crippen LogP contribution in [0.25, 0.3) is 0 Å². The highest BCUT2D eigenvalue weighted by Crippen LogP contribution is 2.00. The van der Waals surface area contributed by atoms with Crippen LogP contribution in [0.4, 0.5) is 0 Å². The Hall–Kier alpha value is -0.170. The van der Waals surface area contributed by atoms with Crippen molar-refractivity contribution in [3.63, 3.8) is 0 Å². The third kappa shape index (κ3) is 5.54. The third-order valence-corrected chi connectivity index (χ3v) is 3.42. The van der Waals surface area contributed by atoms with Crippen LogP contribution in [0.1, 0.15) is 27.7 Å². The summed E-state index contributed by atoms with van der Waals surface area (Å²) in [7, 11) is -3.39. The first kappa shape index (κ1) is 13.8. The normalized spacial score (nSPS) is 17.0. The lowest BCUT2D eigenvalue weighted by Crippen LogP contribution is -2.47. The summed E-state index contributed by atoms with van der Waals surface area (Å²) in [6.45, 7) is 7.72. The lowest BCUT2D eigenvalue weighted by atomic mass is 10.1. The number of nitrogens with one attached hydrogen (secondary N) is 2. The molecule has 0 spiro atoms. The number of nitrogens with two attached hydrogens (primary N) is 1. The Morgan fingerprint density at radius 2 is 1.64 bits per heavy atom. The van der Waals surface area contributed by atoms with Gasteiger partial charge in [-0.1, -0.05) is 6.92 Å². The Kier molecular flexibility index (Phi) is 5.58. The summed E-state index contributed by atoms with van der Waals surface area (Å²) in [4.78, 5) is 0. The van der Waals surface area contributed by atoms with Crippen LogP contribution < -0.4 is 15.2 Å². The summed E-state index contributed by atoms with van der Waals surface area (Å²) >= 11 is 0. The molecular weight excluding hydrogens is 202 g/mol. The van der Waals surface area contributed by atoms with Crippen LogP contribution >= 0.6 is 0 Å². The van der Waals surface area contributed by atoms with Gasteiger partial charge >= 0.3 is 0 Å². The highest BCUT2D eigenvalue weighted by molar-refractivity contribution is 7.87. The molecule has 0 aliphatic carbocycles. The van der Waals surface area contributed by atoms with Crippen LogP contribution in [-0.2, 0) is 10.2 Å². The zero-order valence-electron chi connectivity index (χ0n) is 9.24. The van der Waals surface area contributed by atoms with Gasteiger partial charge in [-0.3, -0.25) is 0 Å². The van der Waals surface area contributed by atoms with Crippen molar-refractivity contribution < 1.29 is 8.42 Å². The maximum absolute atomic E-state index is 11.4. The zero-order valence-corrected chi connectivity index (χ0v) is 10.1. The molecule has 86 valence electrons. The second-order valence-electron chi connectivity index (χ2n) is 3.90. The monoisotopic (exact) mass is 223 g/mol. The van der Waals surface area contributed by atoms with E-state index in [9.17, 15) is 8.42 Å². The molecule has 0 bridgehead atoms. The minimum absolute atomic E-state index is 0.104. The molecule has 0 aromatic rings. The standard InChI is InChI=1S/C8H21N3O2S/c1-6(2)10-14(12,13)11-8(4)7(3)5-9/h6-8,10-11H,5,9H2,1-4H3. The first-order valence-corrected chi connectivity index (χ1v) is 6.26. The Bertz CT molecular complexity index is 251. The molecule has 6 heteroatoms. The second-order valence-corrected chi connectivity index (χ2v) is 5.37. The van der Waals surface area contributed by atoms with Crippen molar-refractivity contribution >= 4 is 10.2 Å². The molecule has 0 fully saturated rings. The molecule has 0 heterocycles. The van der Waals surface area contributed by atoms with Gasteiger partial charge < -0.3 is 5.73 Å². The maximum Gasteiger partial charge on any atom is 0.277 e. The van der Waals surface area contributed by atoms with Crippen molar-refractivity contribution in [2.24, 2.45) is 11.7 Å². The highest BCUT2D eigenvalue weighted by Gasteiger charge is 2.18. The Balaban J connectivity index is 4.22. The minimum atomic E-state index is -3.39. The predicted molar refractivity (Wildman–Crippen MR) is 58.0 cm³/mol. The van der Waals surface area contributed by atoms with E-state index in [1.54, 1.807) is 20.8 Å². The van der Waals surface area contributed by atoms with Gasteiger partial charge in [0.2, 0.25) is 0 Å². The minimum Gasteiger partial charge on any atom is -0.330 e. The molecule has 4 N–H and O–H groups in total. The molecule has 0 amide bonds. The van der Waals surface area contributed by atoms with Gasteiger partial charge in [0.05, 0.1) is 0 Å². The Morgan fingerprint density at radius 3 is 2.00 bits per heavy atom. The van der Waals surface area contributed by atoms with Gasteiger partial charge in [0.15, 0.2) is 0 Å². The third-order valence-electron chi connectivity index (χ3n) is 1.96. The van der Waals surface area contributed by atoms with Crippen molar-refractivity contribution in [2.45, 2.75) is 39.8 Å². The molecule has 0 rings (SSSR count). The molecule has 14 heavy (non-hydrogen) atoms. The Labute approximate surface area is 86.6 Å². The summed E-state index contributed by atoms with van der Waals surface area (Å²) in [6, 6.07) is -0.260. The topological polar surface area (TPSA) is 84.2 Å². The Morgan fingerprint density at radius 1 is 1.14 bits per heavy atom. The van der Waals surface area contributed by atoms with E-state index < -0.39 is 10.2 Å². The summed E-state index contributed by atoms with van der Waals surface area (Å²) in [5, 5.41) is 0. The fourth-order valence-electron chi connectivity index (χ4n) is 0.909. The fourth-order valence-corrected chi connectivity index (χ4v) is 2.32. The number of rotatable bonds is 6. The van der Waals surface area contributed by atoms with E-state index in [1.807, 2.05) is 6.92 Å². The predicted octanol–water partition coefficient (Wildman–Crippen LogP) is -0.198. The van der Waals surface area contributed by atoms with Crippen molar-refractivity contribution in [3.05, 3.63) is 0 Å². The lowest BCUT2D eigenvalue weighted by molar-refractivity contribution is 0.447. The van der Waals surface area contributed by atoms with Gasteiger partial charge in [-0.15, -0.1) is 0 Å². The molecule has 0 saturated carbocycles. The van der Waals surface area contributed by atoms with Gasteiger partial charge in [0.25, 0.3) is 10.2 Å². The smallest absolute Gasteiger partial charge is 0.277 e. The van der Waals surface area contributed by atoms with E-state index in [1.165, 1.54) is 0 Å². The SMILES string of the molecule is CC(C)NS(=O)(=O)NC(C)C(C)CN. The van der Waals surface area contributed by atoms with Crippen molar-refractivity contribution in [1.82, 2.24) is 9.44 Å². The average Bonchev–Trinajstić information content (AvgIpc) is 1.99. The number of hydrogen-bond donors (Lipinski definition) is 3. The van der Waals surface area contributed by atoms with Crippen molar-refractivity contribution in [1.29, 1.82) is 0 Å². The van der Waals surface area contributed by atoms with Crippen molar-refractivity contribution in [3.8, 4) is 0 Å². The van der Waals surface area contributed by atoms with Gasteiger partial charge in [-0.25, -0.2) is 0 Å². The molecule has 0 aromatic carbocycles. The van der Waals surface area contributed by atoms with Gasteiger partial charge in [-0.05, 0) is 33.2 Å². The van der Waals surface area contributed by atoms with Gasteiger partial charge in [-0.2, -0.15) is 17.9 Å². The quantitative estimate of drug-likeness (QED) is 0.583. The first-order valence-electron chi connectivity index (χ1n) is 4.78. The van der Waals surface area contributed by atoms with E-state index in [2.05, 4.69) is 9.44 Å². The first-order chi connectivity index (χ1) is 6.28. The van der Waals surface area contributed by atoms with E-state index in [0.29, 0.717) is 6.54 Å². The summed E-state index contributed by atoms with van der Waals surface area (Å²) in [6.07, 6.45) is 0. The molecule has 0 aromatic heterocycles. The van der Waals surface area contributed by atoms with Crippen LogP contribution in [0.15, 0.2) is 0 Å².